The second-order valence-electron chi connectivity index (χ2n) is 6.02. The maximum absolute atomic E-state index is 12.9. The first-order chi connectivity index (χ1) is 13.6. The van der Waals surface area contributed by atoms with E-state index in [2.05, 4.69) is 20.9 Å². The quantitative estimate of drug-likeness (QED) is 0.334. The monoisotopic (exact) mass is 441 g/mol. The molecule has 28 heavy (non-hydrogen) atoms. The molecule has 2 aromatic heterocycles. The molecule has 4 rings (SSSR count). The van der Waals surface area contributed by atoms with E-state index in [1.54, 1.807) is 57.9 Å². The lowest BCUT2D eigenvalue weighted by Gasteiger charge is -2.15. The van der Waals surface area contributed by atoms with Crippen molar-refractivity contribution in [2.45, 2.75) is 0 Å². The highest BCUT2D eigenvalue weighted by molar-refractivity contribution is 9.10. The molecule has 142 valence electrons. The molecule has 2 heterocycles. The van der Waals surface area contributed by atoms with E-state index < -0.39 is 0 Å². The molecule has 4 aromatic rings. The number of rotatable bonds is 4. The summed E-state index contributed by atoms with van der Waals surface area (Å²) < 4.78 is 23.4. The molecule has 0 fully saturated rings. The molecule has 6 nitrogen and oxygen atoms in total. The summed E-state index contributed by atoms with van der Waals surface area (Å²) in [5.41, 5.74) is 0.947. The van der Waals surface area contributed by atoms with Crippen molar-refractivity contribution in [1.82, 2.24) is 4.98 Å². The van der Waals surface area contributed by atoms with Gasteiger partial charge in [-0.3, -0.25) is 4.79 Å². The number of hydrogen-bond acceptors (Lipinski definition) is 6. The topological polar surface area (TPSA) is 70.8 Å². The molecule has 0 aliphatic rings. The summed E-state index contributed by atoms with van der Waals surface area (Å²) >= 11 is 3.34. The van der Waals surface area contributed by atoms with Gasteiger partial charge in [0.2, 0.25) is 0 Å². The molecule has 0 atom stereocenters. The SMILES string of the molecule is COc1ccc(OC)c2c1c(OC)cc1c(=O)cc(-c3ccnc(Br)c3)oc12. The zero-order chi connectivity index (χ0) is 19.8. The molecule has 0 saturated carbocycles. The van der Waals surface area contributed by atoms with Crippen molar-refractivity contribution < 1.29 is 18.6 Å². The first-order valence-electron chi connectivity index (χ1n) is 8.39. The van der Waals surface area contributed by atoms with Gasteiger partial charge in [0.1, 0.15) is 27.6 Å². The van der Waals surface area contributed by atoms with Crippen molar-refractivity contribution in [3.05, 3.63) is 57.4 Å². The summed E-state index contributed by atoms with van der Waals surface area (Å²) in [7, 11) is 4.68. The normalized spacial score (nSPS) is 11.0. The third-order valence-electron chi connectivity index (χ3n) is 4.53. The Morgan fingerprint density at radius 3 is 2.21 bits per heavy atom. The Balaban J connectivity index is 2.19. The molecule has 0 aliphatic carbocycles. The largest absolute Gasteiger partial charge is 0.496 e. The summed E-state index contributed by atoms with van der Waals surface area (Å²) in [6.45, 7) is 0. The number of aromatic nitrogens is 1. The Morgan fingerprint density at radius 1 is 0.893 bits per heavy atom. The van der Waals surface area contributed by atoms with E-state index >= 15 is 0 Å². The van der Waals surface area contributed by atoms with Gasteiger partial charge in [0, 0.05) is 17.8 Å². The first-order valence-corrected chi connectivity index (χ1v) is 9.18. The van der Waals surface area contributed by atoms with Crippen LogP contribution in [0.2, 0.25) is 0 Å². The van der Waals surface area contributed by atoms with Gasteiger partial charge in [0.15, 0.2) is 11.0 Å². The number of ether oxygens (including phenoxy) is 3. The molecule has 0 amide bonds. The standard InChI is InChI=1S/C21H16BrNO5/c1-25-14-4-5-15(26-2)20-19(14)17(27-3)9-12-13(24)10-16(28-21(12)20)11-6-7-23-18(22)8-11/h4-10H,1-3H3. The summed E-state index contributed by atoms with van der Waals surface area (Å²) in [6.07, 6.45) is 1.64. The van der Waals surface area contributed by atoms with Gasteiger partial charge in [0.05, 0.1) is 37.5 Å². The van der Waals surface area contributed by atoms with Gasteiger partial charge in [-0.15, -0.1) is 0 Å². The van der Waals surface area contributed by atoms with Crippen LogP contribution in [0.25, 0.3) is 33.1 Å². The minimum atomic E-state index is -0.186. The van der Waals surface area contributed by atoms with E-state index in [4.69, 9.17) is 18.6 Å². The van der Waals surface area contributed by atoms with Gasteiger partial charge in [-0.05, 0) is 46.3 Å². The average molecular weight is 442 g/mol. The highest BCUT2D eigenvalue weighted by atomic mass is 79.9. The number of nitrogens with zero attached hydrogens (tertiary/aromatic N) is 1. The van der Waals surface area contributed by atoms with Gasteiger partial charge in [0.25, 0.3) is 0 Å². The second kappa shape index (κ2) is 7.16. The molecular formula is C21H16BrNO5. The van der Waals surface area contributed by atoms with Crippen molar-refractivity contribution in [2.24, 2.45) is 0 Å². The fraction of sp³-hybridized carbons (Fsp3) is 0.143. The lowest BCUT2D eigenvalue weighted by atomic mass is 10.0. The number of benzene rings is 2. The Labute approximate surface area is 168 Å². The van der Waals surface area contributed by atoms with Crippen LogP contribution in [-0.4, -0.2) is 26.3 Å². The number of fused-ring (bicyclic) bond motifs is 3. The molecule has 0 unspecified atom stereocenters. The van der Waals surface area contributed by atoms with Crippen molar-refractivity contribution >= 4 is 37.7 Å². The van der Waals surface area contributed by atoms with Gasteiger partial charge in [-0.25, -0.2) is 4.98 Å². The Bertz CT molecular complexity index is 1270. The number of hydrogen-bond donors (Lipinski definition) is 0. The van der Waals surface area contributed by atoms with Crippen LogP contribution in [0.3, 0.4) is 0 Å². The molecular weight excluding hydrogens is 426 g/mol. The fourth-order valence-corrected chi connectivity index (χ4v) is 3.63. The van der Waals surface area contributed by atoms with Crippen LogP contribution in [0.15, 0.2) is 56.4 Å². The number of pyridine rings is 1. The maximum atomic E-state index is 12.9. The van der Waals surface area contributed by atoms with Crippen LogP contribution in [-0.2, 0) is 0 Å². The van der Waals surface area contributed by atoms with E-state index in [-0.39, 0.29) is 5.43 Å². The summed E-state index contributed by atoms with van der Waals surface area (Å²) in [5.74, 6) is 2.08. The summed E-state index contributed by atoms with van der Waals surface area (Å²) in [4.78, 5) is 17.0. The van der Waals surface area contributed by atoms with Crippen molar-refractivity contribution in [2.75, 3.05) is 21.3 Å². The van der Waals surface area contributed by atoms with Gasteiger partial charge >= 0.3 is 0 Å². The number of halogens is 1. The zero-order valence-corrected chi connectivity index (χ0v) is 17.0. The van der Waals surface area contributed by atoms with Crippen LogP contribution in [0, 0.1) is 0 Å². The highest BCUT2D eigenvalue weighted by Gasteiger charge is 2.20. The van der Waals surface area contributed by atoms with Gasteiger partial charge < -0.3 is 18.6 Å². The molecule has 0 radical (unpaired) electrons. The van der Waals surface area contributed by atoms with Crippen molar-refractivity contribution in [3.8, 4) is 28.6 Å². The van der Waals surface area contributed by atoms with Crippen molar-refractivity contribution in [1.29, 1.82) is 0 Å². The van der Waals surface area contributed by atoms with E-state index in [1.165, 1.54) is 6.07 Å². The van der Waals surface area contributed by atoms with Crippen LogP contribution < -0.4 is 19.6 Å². The molecule has 0 spiro atoms. The van der Waals surface area contributed by atoms with Crippen LogP contribution in [0.1, 0.15) is 0 Å². The summed E-state index contributed by atoms with van der Waals surface area (Å²) in [5, 5.41) is 1.68. The van der Waals surface area contributed by atoms with Gasteiger partial charge in [-0.1, -0.05) is 0 Å². The van der Waals surface area contributed by atoms with E-state index in [0.29, 0.717) is 49.4 Å². The maximum Gasteiger partial charge on any atom is 0.193 e. The van der Waals surface area contributed by atoms with E-state index in [1.807, 2.05) is 0 Å². The lowest BCUT2D eigenvalue weighted by molar-refractivity contribution is 0.400. The van der Waals surface area contributed by atoms with E-state index in [9.17, 15) is 4.79 Å². The highest BCUT2D eigenvalue weighted by Crippen LogP contribution is 2.43. The van der Waals surface area contributed by atoms with Crippen LogP contribution in [0.4, 0.5) is 0 Å². The Hall–Kier alpha value is -3.06. The predicted octanol–water partition coefficient (Wildman–Crippen LogP) is 4.80. The summed E-state index contributed by atoms with van der Waals surface area (Å²) in [6, 6.07) is 10.2. The van der Waals surface area contributed by atoms with Gasteiger partial charge in [-0.2, -0.15) is 0 Å². The third kappa shape index (κ3) is 2.88. The second-order valence-corrected chi connectivity index (χ2v) is 6.83. The smallest absolute Gasteiger partial charge is 0.193 e. The average Bonchev–Trinajstić information content (AvgIpc) is 2.72. The minimum Gasteiger partial charge on any atom is -0.496 e. The Kier molecular flexibility index (Phi) is 4.68. The zero-order valence-electron chi connectivity index (χ0n) is 15.4. The Morgan fingerprint density at radius 2 is 1.57 bits per heavy atom. The molecule has 0 aliphatic heterocycles. The molecule has 0 saturated heterocycles. The first kappa shape index (κ1) is 18.3. The lowest BCUT2D eigenvalue weighted by Crippen LogP contribution is -2.03. The molecule has 2 aromatic carbocycles. The minimum absolute atomic E-state index is 0.186. The third-order valence-corrected chi connectivity index (χ3v) is 4.97. The van der Waals surface area contributed by atoms with Crippen LogP contribution in [0.5, 0.6) is 17.2 Å². The van der Waals surface area contributed by atoms with Crippen molar-refractivity contribution in [3.63, 3.8) is 0 Å². The molecule has 0 N–H and O–H groups in total. The molecule has 0 bridgehead atoms. The predicted molar refractivity (Wildman–Crippen MR) is 111 cm³/mol. The number of methoxy groups -OCH3 is 3. The van der Waals surface area contributed by atoms with Crippen LogP contribution >= 0.6 is 15.9 Å². The van der Waals surface area contributed by atoms with E-state index in [0.717, 1.165) is 5.56 Å². The fourth-order valence-electron chi connectivity index (χ4n) is 3.26. The molecule has 7 heteroatoms.